The first kappa shape index (κ1) is 17.9. The normalized spacial score (nSPS) is 13.2. The molecule has 8 heteroatoms. The van der Waals surface area contributed by atoms with Crippen LogP contribution in [0.5, 0.6) is 0 Å². The Morgan fingerprint density at radius 2 is 2.10 bits per heavy atom. The lowest BCUT2D eigenvalue weighted by atomic mass is 10.2. The summed E-state index contributed by atoms with van der Waals surface area (Å²) in [5.74, 6) is -1.10. The largest absolute Gasteiger partial charge is 0.325 e. The lowest BCUT2D eigenvalue weighted by molar-refractivity contribution is -0.116. The van der Waals surface area contributed by atoms with E-state index in [4.69, 9.17) is 11.6 Å². The molecule has 0 spiro atoms. The molecule has 1 N–H and O–H groups in total. The molecule has 1 atom stereocenters. The smallest absolute Gasteiger partial charge is 0.239 e. The van der Waals surface area contributed by atoms with Crippen molar-refractivity contribution < 1.29 is 17.6 Å². The number of anilines is 1. The molecular weight excluding hydrogens is 319 g/mol. The zero-order valence-electron chi connectivity index (χ0n) is 12.1. The summed E-state index contributed by atoms with van der Waals surface area (Å²) < 4.78 is 37.5. The number of carbonyl (C=O) groups is 1. The highest BCUT2D eigenvalue weighted by Crippen LogP contribution is 2.19. The fourth-order valence-electron chi connectivity index (χ4n) is 1.72. The Kier molecular flexibility index (Phi) is 6.12. The van der Waals surface area contributed by atoms with Crippen LogP contribution in [0.3, 0.4) is 0 Å². The molecule has 21 heavy (non-hydrogen) atoms. The first-order chi connectivity index (χ1) is 9.65. The molecule has 1 rings (SSSR count). The summed E-state index contributed by atoms with van der Waals surface area (Å²) in [5, 5.41) is 2.38. The minimum absolute atomic E-state index is 0.116. The second-order valence-corrected chi connectivity index (χ2v) is 7.08. The van der Waals surface area contributed by atoms with Gasteiger partial charge in [-0.25, -0.2) is 12.8 Å². The van der Waals surface area contributed by atoms with Crippen molar-refractivity contribution in [2.75, 3.05) is 18.1 Å². The Balaban J connectivity index is 2.81. The van der Waals surface area contributed by atoms with Crippen LogP contribution in [-0.4, -0.2) is 37.5 Å². The van der Waals surface area contributed by atoms with E-state index in [1.54, 1.807) is 6.92 Å². The Hall–Kier alpha value is -1.18. The molecular formula is C13H18ClFN2O3S. The summed E-state index contributed by atoms with van der Waals surface area (Å²) in [6.07, 6.45) is 1.64. The number of nitrogens with one attached hydrogen (secondary N) is 1. The third-order valence-corrected chi connectivity index (χ3v) is 4.64. The third kappa shape index (κ3) is 5.26. The van der Waals surface area contributed by atoms with E-state index < -0.39 is 21.7 Å². The maximum absolute atomic E-state index is 13.0. The molecule has 0 bridgehead atoms. The number of hydrogen-bond acceptors (Lipinski definition) is 3. The second-order valence-electron chi connectivity index (χ2n) is 4.74. The van der Waals surface area contributed by atoms with Crippen LogP contribution in [0.4, 0.5) is 10.1 Å². The second kappa shape index (κ2) is 7.20. The van der Waals surface area contributed by atoms with Gasteiger partial charge in [-0.05, 0) is 31.5 Å². The Morgan fingerprint density at radius 1 is 1.48 bits per heavy atom. The van der Waals surface area contributed by atoms with Gasteiger partial charge < -0.3 is 5.32 Å². The van der Waals surface area contributed by atoms with E-state index in [1.165, 1.54) is 12.1 Å². The quantitative estimate of drug-likeness (QED) is 0.867. The molecule has 1 amide bonds. The van der Waals surface area contributed by atoms with Crippen LogP contribution >= 0.6 is 11.6 Å². The molecule has 1 unspecified atom stereocenters. The minimum Gasteiger partial charge on any atom is -0.325 e. The number of hydrogen-bond donors (Lipinski definition) is 1. The van der Waals surface area contributed by atoms with E-state index in [9.17, 15) is 17.6 Å². The fourth-order valence-corrected chi connectivity index (χ4v) is 3.05. The molecule has 118 valence electrons. The van der Waals surface area contributed by atoms with Crippen LogP contribution in [0.15, 0.2) is 18.2 Å². The van der Waals surface area contributed by atoms with Crippen molar-refractivity contribution in [2.45, 2.75) is 26.3 Å². The summed E-state index contributed by atoms with van der Waals surface area (Å²) in [6, 6.07) is 3.46. The van der Waals surface area contributed by atoms with Gasteiger partial charge in [0.25, 0.3) is 0 Å². The van der Waals surface area contributed by atoms with E-state index >= 15 is 0 Å². The zero-order chi connectivity index (χ0) is 16.2. The topological polar surface area (TPSA) is 66.5 Å². The maximum atomic E-state index is 13.0. The van der Waals surface area contributed by atoms with Gasteiger partial charge in [0.1, 0.15) is 5.82 Å². The van der Waals surface area contributed by atoms with Crippen LogP contribution in [0.1, 0.15) is 20.3 Å². The maximum Gasteiger partial charge on any atom is 0.239 e. The highest BCUT2D eigenvalue weighted by atomic mass is 35.5. The molecule has 0 saturated carbocycles. The SMILES string of the molecule is CCC(C)N(CC(=O)Nc1ccc(F)c(Cl)c1)S(C)(=O)=O. The number of amides is 1. The summed E-state index contributed by atoms with van der Waals surface area (Å²) in [6.45, 7) is 3.26. The van der Waals surface area contributed by atoms with Crippen molar-refractivity contribution in [1.82, 2.24) is 4.31 Å². The van der Waals surface area contributed by atoms with Gasteiger partial charge in [0.05, 0.1) is 17.8 Å². The van der Waals surface area contributed by atoms with E-state index in [0.29, 0.717) is 12.1 Å². The van der Waals surface area contributed by atoms with Gasteiger partial charge >= 0.3 is 0 Å². The van der Waals surface area contributed by atoms with Crippen molar-refractivity contribution in [2.24, 2.45) is 0 Å². The predicted octanol–water partition coefficient (Wildman–Crippen LogP) is 2.48. The van der Waals surface area contributed by atoms with Crippen molar-refractivity contribution in [3.8, 4) is 0 Å². The van der Waals surface area contributed by atoms with Crippen molar-refractivity contribution in [3.63, 3.8) is 0 Å². The summed E-state index contributed by atoms with van der Waals surface area (Å²) in [5.41, 5.74) is 0.309. The lowest BCUT2D eigenvalue weighted by Gasteiger charge is -2.25. The Bertz CT molecular complexity index is 622. The van der Waals surface area contributed by atoms with Crippen LogP contribution < -0.4 is 5.32 Å². The average Bonchev–Trinajstić information content (AvgIpc) is 2.38. The average molecular weight is 337 g/mol. The Labute approximate surface area is 129 Å². The van der Waals surface area contributed by atoms with E-state index in [-0.39, 0.29) is 17.6 Å². The number of nitrogens with zero attached hydrogens (tertiary/aromatic N) is 1. The van der Waals surface area contributed by atoms with Crippen LogP contribution in [0, 0.1) is 5.82 Å². The van der Waals surface area contributed by atoms with Gasteiger partial charge in [-0.2, -0.15) is 4.31 Å². The lowest BCUT2D eigenvalue weighted by Crippen LogP contribution is -2.42. The number of sulfonamides is 1. The third-order valence-electron chi connectivity index (χ3n) is 3.01. The fraction of sp³-hybridized carbons (Fsp3) is 0.462. The van der Waals surface area contributed by atoms with Crippen LogP contribution in [0.25, 0.3) is 0 Å². The molecule has 5 nitrogen and oxygen atoms in total. The zero-order valence-corrected chi connectivity index (χ0v) is 13.6. The summed E-state index contributed by atoms with van der Waals surface area (Å²) in [7, 11) is -3.49. The first-order valence-corrected chi connectivity index (χ1v) is 8.59. The van der Waals surface area contributed by atoms with Gasteiger partial charge in [-0.1, -0.05) is 18.5 Å². The molecule has 1 aromatic rings. The Morgan fingerprint density at radius 3 is 2.57 bits per heavy atom. The summed E-state index contributed by atoms with van der Waals surface area (Å²) >= 11 is 5.62. The molecule has 0 saturated heterocycles. The molecule has 0 aliphatic rings. The van der Waals surface area contributed by atoms with E-state index in [1.807, 2.05) is 6.92 Å². The van der Waals surface area contributed by atoms with Crippen molar-refractivity contribution in [1.29, 1.82) is 0 Å². The van der Waals surface area contributed by atoms with Gasteiger partial charge in [0.15, 0.2) is 0 Å². The van der Waals surface area contributed by atoms with Gasteiger partial charge in [0.2, 0.25) is 15.9 Å². The van der Waals surface area contributed by atoms with Crippen molar-refractivity contribution in [3.05, 3.63) is 29.0 Å². The number of carbonyl (C=O) groups excluding carboxylic acids is 1. The number of benzene rings is 1. The highest BCUT2D eigenvalue weighted by Gasteiger charge is 2.24. The van der Waals surface area contributed by atoms with Crippen LogP contribution in [-0.2, 0) is 14.8 Å². The van der Waals surface area contributed by atoms with E-state index in [0.717, 1.165) is 16.6 Å². The summed E-state index contributed by atoms with van der Waals surface area (Å²) in [4.78, 5) is 11.9. The van der Waals surface area contributed by atoms with E-state index in [2.05, 4.69) is 5.32 Å². The minimum atomic E-state index is -3.49. The molecule has 0 radical (unpaired) electrons. The van der Waals surface area contributed by atoms with Gasteiger partial charge in [-0.3, -0.25) is 4.79 Å². The molecule has 0 heterocycles. The van der Waals surface area contributed by atoms with Gasteiger partial charge in [-0.15, -0.1) is 0 Å². The predicted molar refractivity (Wildman–Crippen MR) is 81.3 cm³/mol. The standard InChI is InChI=1S/C13H18ClFN2O3S/c1-4-9(2)17(21(3,19)20)8-13(18)16-10-5-6-12(15)11(14)7-10/h5-7,9H,4,8H2,1-3H3,(H,16,18). The number of rotatable bonds is 6. The molecule has 1 aromatic carbocycles. The van der Waals surface area contributed by atoms with Crippen molar-refractivity contribution >= 4 is 33.2 Å². The molecule has 0 aliphatic heterocycles. The highest BCUT2D eigenvalue weighted by molar-refractivity contribution is 7.88. The first-order valence-electron chi connectivity index (χ1n) is 6.36. The van der Waals surface area contributed by atoms with Crippen LogP contribution in [0.2, 0.25) is 5.02 Å². The van der Waals surface area contributed by atoms with Gasteiger partial charge in [0, 0.05) is 11.7 Å². The number of halogens is 2. The monoisotopic (exact) mass is 336 g/mol. The molecule has 0 aliphatic carbocycles. The molecule has 0 fully saturated rings. The molecule has 0 aromatic heterocycles.